The van der Waals surface area contributed by atoms with Crippen molar-refractivity contribution >= 4 is 50.4 Å². The van der Waals surface area contributed by atoms with E-state index in [1.54, 1.807) is 5.56 Å². The van der Waals surface area contributed by atoms with E-state index in [0.29, 0.717) is 0 Å². The molecule has 5 aliphatic carbocycles. The van der Waals surface area contributed by atoms with Crippen LogP contribution in [0.2, 0.25) is 0 Å². The highest BCUT2D eigenvalue weighted by molar-refractivity contribution is 7.22. The van der Waals surface area contributed by atoms with Crippen LogP contribution >= 0.6 is 11.3 Å². The number of thiophene rings is 1. The van der Waals surface area contributed by atoms with Gasteiger partial charge in [-0.05, 0) is 126 Å². The molecule has 0 amide bonds. The summed E-state index contributed by atoms with van der Waals surface area (Å²) < 4.78 is 4.10. The molecular weight excluding hydrogens is 757 g/mol. The zero-order chi connectivity index (χ0) is 42.5. The fourth-order valence-electron chi connectivity index (χ4n) is 9.91. The van der Waals surface area contributed by atoms with Crippen molar-refractivity contribution in [2.45, 2.75) is 64.7 Å². The van der Waals surface area contributed by atoms with Gasteiger partial charge in [-0.1, -0.05) is 166 Å². The lowest BCUT2D eigenvalue weighted by Gasteiger charge is -2.33. The number of fused-ring (bicyclic) bond motifs is 9. The van der Waals surface area contributed by atoms with Gasteiger partial charge in [-0.15, -0.1) is 17.1 Å². The molecule has 11 rings (SSSR count). The van der Waals surface area contributed by atoms with Crippen LogP contribution in [0.25, 0.3) is 49.5 Å². The number of allylic oxidation sites excluding steroid dienone is 12. The maximum atomic E-state index is 4.50. The quantitative estimate of drug-likeness (QED) is 0.132. The number of aryl methyl sites for hydroxylation is 1. The summed E-state index contributed by atoms with van der Waals surface area (Å²) in [5.74, 6) is 0.220. The topological polar surface area (TPSA) is 30.9 Å². The Morgan fingerprint density at radius 3 is 2.31 bits per heavy atom. The fourth-order valence-corrected chi connectivity index (χ4v) is 11.2. The van der Waals surface area contributed by atoms with Gasteiger partial charge in [0.1, 0.15) is 0 Å². The summed E-state index contributed by atoms with van der Waals surface area (Å²) in [6.45, 7) is 12.2. The number of nitrogens with zero attached hydrogens (tertiary/aromatic N) is 1. The van der Waals surface area contributed by atoms with E-state index in [-0.39, 0.29) is 11.3 Å². The Kier molecular flexibility index (Phi) is 12.4. The van der Waals surface area contributed by atoms with Crippen LogP contribution in [-0.4, -0.2) is 11.6 Å². The third-order valence-electron chi connectivity index (χ3n) is 12.4. The van der Waals surface area contributed by atoms with Crippen LogP contribution in [0.5, 0.6) is 0 Å². The molecule has 2 atom stereocenters. The van der Waals surface area contributed by atoms with Gasteiger partial charge >= 0.3 is 0 Å². The summed E-state index contributed by atoms with van der Waals surface area (Å²) >= 11 is 1.99. The van der Waals surface area contributed by atoms with Gasteiger partial charge in [-0.25, -0.2) is 0 Å². The van der Waals surface area contributed by atoms with Crippen LogP contribution in [0, 0.1) is 0 Å². The van der Waals surface area contributed by atoms with Gasteiger partial charge in [0.05, 0.1) is 0 Å². The highest BCUT2D eigenvalue weighted by atomic mass is 32.1. The first-order valence-corrected chi connectivity index (χ1v) is 22.7. The molecular formula is C58H56N2S. The number of hydrogen-bond acceptors (Lipinski definition) is 2. The number of aromatic nitrogens is 1. The first-order chi connectivity index (χ1) is 30.1. The Balaban J connectivity index is 0.000000259. The molecule has 5 aliphatic rings. The van der Waals surface area contributed by atoms with Crippen LogP contribution in [0.4, 0.5) is 0 Å². The summed E-state index contributed by atoms with van der Waals surface area (Å²) in [5.41, 5.74) is 24.2. The second kappa shape index (κ2) is 18.2. The normalized spacial score (nSPS) is 18.7. The first-order valence-electron chi connectivity index (χ1n) is 21.9. The van der Waals surface area contributed by atoms with Gasteiger partial charge in [0, 0.05) is 48.4 Å². The van der Waals surface area contributed by atoms with E-state index >= 15 is 0 Å². The molecule has 0 saturated carbocycles. The number of benzene rings is 4. The van der Waals surface area contributed by atoms with Crippen molar-refractivity contribution in [3.8, 4) is 10.4 Å². The lowest BCUT2D eigenvalue weighted by atomic mass is 9.72. The molecule has 0 saturated heterocycles. The Bertz CT molecular complexity index is 2970. The van der Waals surface area contributed by atoms with E-state index in [9.17, 15) is 0 Å². The van der Waals surface area contributed by atoms with E-state index in [4.69, 9.17) is 0 Å². The SMILES string of the molecule is C=C/C=C(\C=C/C)c1ccccc1.CC.CC1(C2=CC(c3ccccc3)C=C2n2c3c(c4c2=CCCC=4)-c2sc4ccccc4c2CC3)C2=C(C=C=C2)c2ccccc21.CN. The van der Waals surface area contributed by atoms with Gasteiger partial charge in [-0.3, -0.25) is 0 Å². The standard InChI is InChI=1S/C42H31NS.C13H14.C2H6.CH5N/c1-42(33-18-8-5-14-28(33)29-17-11-19-34(29)42)35-24-27(26-12-3-2-4-13-26)25-38(35)43-36-20-9-6-16-32(36)40-37(43)23-22-31-30-15-7-10-21-39(30)44-41(31)40;1-3-8-12(9-4-2)13-10-6-5-7-11-13;2*1-2/h2-5,7-8,10,12-21,24-25,27H,6,9,22-23H2,1H3;3-11H,1H2,2H3;1-2H3;2H2,1H3/b;9-4-,12-8+;;. The van der Waals surface area contributed by atoms with Gasteiger partial charge in [0.2, 0.25) is 0 Å². The van der Waals surface area contributed by atoms with Crippen LogP contribution < -0.4 is 16.3 Å². The molecule has 6 aromatic rings. The maximum absolute atomic E-state index is 4.50. The van der Waals surface area contributed by atoms with Gasteiger partial charge in [0.15, 0.2) is 0 Å². The van der Waals surface area contributed by atoms with Crippen LogP contribution in [-0.2, 0) is 18.3 Å². The summed E-state index contributed by atoms with van der Waals surface area (Å²) in [7, 11) is 1.50. The Hall–Kier alpha value is -6.22. The second-order valence-electron chi connectivity index (χ2n) is 15.6. The molecule has 2 aromatic heterocycles. The number of hydrogen-bond donors (Lipinski definition) is 1. The average molecular weight is 813 g/mol. The minimum Gasteiger partial charge on any atom is -0.333 e. The smallest absolute Gasteiger partial charge is 0.0495 e. The third kappa shape index (κ3) is 7.17. The van der Waals surface area contributed by atoms with E-state index in [0.717, 1.165) is 25.7 Å². The molecule has 0 bridgehead atoms. The molecule has 304 valence electrons. The zero-order valence-corrected chi connectivity index (χ0v) is 37.0. The van der Waals surface area contributed by atoms with Crippen molar-refractivity contribution in [2.75, 3.05) is 7.05 Å². The van der Waals surface area contributed by atoms with Crippen molar-refractivity contribution in [1.29, 1.82) is 0 Å². The summed E-state index contributed by atoms with van der Waals surface area (Å²) in [5, 5.41) is 4.28. The molecule has 2 nitrogen and oxygen atoms in total. The van der Waals surface area contributed by atoms with Crippen LogP contribution in [0.1, 0.15) is 80.0 Å². The maximum Gasteiger partial charge on any atom is 0.0495 e. The van der Waals surface area contributed by atoms with E-state index < -0.39 is 0 Å². The lowest BCUT2D eigenvalue weighted by Crippen LogP contribution is -2.34. The van der Waals surface area contributed by atoms with E-state index in [1.165, 1.54) is 94.1 Å². The molecule has 0 spiro atoms. The Morgan fingerprint density at radius 1 is 0.836 bits per heavy atom. The Morgan fingerprint density at radius 2 is 1.54 bits per heavy atom. The van der Waals surface area contributed by atoms with Gasteiger partial charge < -0.3 is 10.3 Å². The van der Waals surface area contributed by atoms with E-state index in [1.807, 2.05) is 68.5 Å². The number of nitrogens with two attached hydrogens (primary N) is 1. The fraction of sp³-hybridized carbons (Fsp3) is 0.190. The summed E-state index contributed by atoms with van der Waals surface area (Å²) in [6.07, 6.45) is 26.9. The monoisotopic (exact) mass is 812 g/mol. The van der Waals surface area contributed by atoms with Crippen molar-refractivity contribution in [3.05, 3.63) is 225 Å². The van der Waals surface area contributed by atoms with Crippen molar-refractivity contribution in [1.82, 2.24) is 4.57 Å². The highest BCUT2D eigenvalue weighted by Crippen LogP contribution is 2.57. The minimum atomic E-state index is -0.263. The third-order valence-corrected chi connectivity index (χ3v) is 13.7. The van der Waals surface area contributed by atoms with Gasteiger partial charge in [0.25, 0.3) is 0 Å². The first kappa shape index (κ1) is 41.5. The molecule has 2 unspecified atom stereocenters. The molecule has 0 fully saturated rings. The number of rotatable bonds is 6. The van der Waals surface area contributed by atoms with Crippen molar-refractivity contribution in [3.63, 3.8) is 0 Å². The zero-order valence-electron chi connectivity index (χ0n) is 36.2. The predicted molar refractivity (Wildman–Crippen MR) is 266 cm³/mol. The predicted octanol–water partition coefficient (Wildman–Crippen LogP) is 13.3. The van der Waals surface area contributed by atoms with Crippen LogP contribution in [0.3, 0.4) is 0 Å². The summed E-state index contributed by atoms with van der Waals surface area (Å²) in [6, 6.07) is 39.4. The molecule has 61 heavy (non-hydrogen) atoms. The molecule has 4 aromatic carbocycles. The molecule has 0 aliphatic heterocycles. The lowest BCUT2D eigenvalue weighted by molar-refractivity contribution is 0.698. The second-order valence-corrected chi connectivity index (χ2v) is 16.6. The van der Waals surface area contributed by atoms with Crippen LogP contribution in [0.15, 0.2) is 181 Å². The van der Waals surface area contributed by atoms with Crippen molar-refractivity contribution < 1.29 is 0 Å². The summed E-state index contributed by atoms with van der Waals surface area (Å²) in [4.78, 5) is 1.49. The molecule has 2 heterocycles. The Labute approximate surface area is 366 Å². The van der Waals surface area contributed by atoms with Crippen molar-refractivity contribution in [2.24, 2.45) is 5.73 Å². The largest absolute Gasteiger partial charge is 0.333 e. The highest BCUT2D eigenvalue weighted by Gasteiger charge is 2.47. The molecule has 0 radical (unpaired) electrons. The average Bonchev–Trinajstić information content (AvgIpc) is 4.17. The van der Waals surface area contributed by atoms with E-state index in [2.05, 4.69) is 163 Å². The van der Waals surface area contributed by atoms with Gasteiger partial charge in [-0.2, -0.15) is 0 Å². The minimum absolute atomic E-state index is 0.220. The molecule has 2 N–H and O–H groups in total. The molecule has 3 heteroatoms.